The van der Waals surface area contributed by atoms with Gasteiger partial charge < -0.3 is 9.47 Å². The van der Waals surface area contributed by atoms with Gasteiger partial charge in [-0.2, -0.15) is 0 Å². The summed E-state index contributed by atoms with van der Waals surface area (Å²) in [5.41, 5.74) is 0.445. The van der Waals surface area contributed by atoms with Crippen molar-refractivity contribution in [1.29, 1.82) is 0 Å². The van der Waals surface area contributed by atoms with E-state index in [0.717, 1.165) is 0 Å². The van der Waals surface area contributed by atoms with E-state index in [-0.39, 0.29) is 5.75 Å². The first-order valence-electron chi connectivity index (χ1n) is 6.17. The van der Waals surface area contributed by atoms with E-state index in [1.54, 1.807) is 12.1 Å². The Labute approximate surface area is 131 Å². The molecule has 0 aromatic heterocycles. The van der Waals surface area contributed by atoms with Gasteiger partial charge in [0.2, 0.25) is 10.0 Å². The summed E-state index contributed by atoms with van der Waals surface area (Å²) in [6.45, 7) is 0.944. The fraction of sp³-hybridized carbons (Fsp3) is 0.500. The van der Waals surface area contributed by atoms with E-state index in [9.17, 15) is 8.42 Å². The normalized spacial score (nSPS) is 14.1. The van der Waals surface area contributed by atoms with Crippen molar-refractivity contribution in [3.63, 3.8) is 0 Å². The Kier molecular flexibility index (Phi) is 5.40. The number of ether oxygens (including phenoxy) is 2. The molecule has 1 N–H and O–H groups in total. The lowest BCUT2D eigenvalue weighted by Gasteiger charge is -2.20. The van der Waals surface area contributed by atoms with Crippen molar-refractivity contribution < 1.29 is 17.9 Å². The molecule has 0 atom stereocenters. The number of hydrogen-bond acceptors (Lipinski definition) is 4. The molecule has 1 aliphatic rings. The number of nitrogens with one attached hydrogen (secondary N) is 1. The highest BCUT2D eigenvalue weighted by molar-refractivity contribution is 9.10. The van der Waals surface area contributed by atoms with Gasteiger partial charge in [0.05, 0.1) is 11.4 Å². The predicted octanol–water partition coefficient (Wildman–Crippen LogP) is 2.98. The maximum Gasteiger partial charge on any atom is 0.232 e. The summed E-state index contributed by atoms with van der Waals surface area (Å²) in [4.78, 5) is 0. The number of rotatable bonds is 6. The van der Waals surface area contributed by atoms with Crippen LogP contribution in [0.25, 0.3) is 0 Å². The topological polar surface area (TPSA) is 64.6 Å². The molecule has 0 spiro atoms. The maximum absolute atomic E-state index is 11.9. The number of benzene rings is 1. The molecule has 0 amide bonds. The lowest BCUT2D eigenvalue weighted by molar-refractivity contribution is 0.171. The maximum atomic E-state index is 11.9. The molecule has 0 saturated heterocycles. The summed E-state index contributed by atoms with van der Waals surface area (Å²) in [5.74, 6) is 1.65. The first-order chi connectivity index (χ1) is 9.52. The first-order valence-corrected chi connectivity index (χ1v) is 9.15. The van der Waals surface area contributed by atoms with Crippen LogP contribution in [-0.4, -0.2) is 33.3 Å². The SMILES string of the molecule is O=S(=O)(CCCCCl)Nc1cc2c(cc1Br)OCCO2. The van der Waals surface area contributed by atoms with Gasteiger partial charge in [0, 0.05) is 22.5 Å². The monoisotopic (exact) mass is 383 g/mol. The van der Waals surface area contributed by atoms with Crippen LogP contribution < -0.4 is 14.2 Å². The average Bonchev–Trinajstić information content (AvgIpc) is 2.39. The minimum absolute atomic E-state index is 0.0423. The molecular formula is C12H15BrClNO4S. The molecule has 1 heterocycles. The van der Waals surface area contributed by atoms with E-state index in [4.69, 9.17) is 21.1 Å². The molecule has 2 rings (SSSR count). The molecule has 0 radical (unpaired) electrons. The van der Waals surface area contributed by atoms with Crippen LogP contribution >= 0.6 is 27.5 Å². The third-order valence-corrected chi connectivity index (χ3v) is 4.97. The summed E-state index contributed by atoms with van der Waals surface area (Å²) < 4.78 is 37.9. The number of unbranched alkanes of at least 4 members (excludes halogenated alkanes) is 1. The zero-order chi connectivity index (χ0) is 14.6. The standard InChI is InChI=1S/C12H15BrClNO4S/c13-9-7-11-12(19-5-4-18-11)8-10(9)15-20(16,17)6-2-1-3-14/h7-8,15H,1-6H2. The number of alkyl halides is 1. The van der Waals surface area contributed by atoms with Crippen LogP contribution in [0.4, 0.5) is 5.69 Å². The molecule has 0 aliphatic carbocycles. The lowest BCUT2D eigenvalue weighted by Crippen LogP contribution is -2.19. The van der Waals surface area contributed by atoms with Crippen molar-refractivity contribution >= 4 is 43.2 Å². The van der Waals surface area contributed by atoms with Crippen molar-refractivity contribution in [1.82, 2.24) is 0 Å². The van der Waals surface area contributed by atoms with Crippen molar-refractivity contribution in [2.24, 2.45) is 0 Å². The largest absolute Gasteiger partial charge is 0.486 e. The summed E-state index contributed by atoms with van der Waals surface area (Å²) in [6, 6.07) is 3.32. The summed E-state index contributed by atoms with van der Waals surface area (Å²) in [5, 5.41) is 0. The van der Waals surface area contributed by atoms with Crippen molar-refractivity contribution in [2.45, 2.75) is 12.8 Å². The number of anilines is 1. The summed E-state index contributed by atoms with van der Waals surface area (Å²) in [7, 11) is -3.39. The van der Waals surface area contributed by atoms with Gasteiger partial charge in [0.1, 0.15) is 13.2 Å². The Morgan fingerprint density at radius 2 is 1.85 bits per heavy atom. The van der Waals surface area contributed by atoms with Gasteiger partial charge in [-0.15, -0.1) is 11.6 Å². The third kappa shape index (κ3) is 4.17. The Morgan fingerprint density at radius 3 is 2.50 bits per heavy atom. The Morgan fingerprint density at radius 1 is 1.20 bits per heavy atom. The summed E-state index contributed by atoms with van der Waals surface area (Å²) in [6.07, 6.45) is 1.20. The second-order valence-corrected chi connectivity index (χ2v) is 7.37. The minimum atomic E-state index is -3.39. The van der Waals surface area contributed by atoms with Crippen LogP contribution in [0.3, 0.4) is 0 Å². The second kappa shape index (κ2) is 6.87. The van der Waals surface area contributed by atoms with Gasteiger partial charge in [0.25, 0.3) is 0 Å². The summed E-state index contributed by atoms with van der Waals surface area (Å²) >= 11 is 8.87. The quantitative estimate of drug-likeness (QED) is 0.605. The van der Waals surface area contributed by atoms with Gasteiger partial charge in [-0.1, -0.05) is 0 Å². The highest BCUT2D eigenvalue weighted by atomic mass is 79.9. The van der Waals surface area contributed by atoms with E-state index in [0.29, 0.717) is 53.6 Å². The fourth-order valence-corrected chi connectivity index (χ4v) is 3.68. The highest BCUT2D eigenvalue weighted by Crippen LogP contribution is 2.38. The Hall–Kier alpha value is -0.660. The van der Waals surface area contributed by atoms with E-state index < -0.39 is 10.0 Å². The van der Waals surface area contributed by atoms with Gasteiger partial charge in [-0.3, -0.25) is 4.72 Å². The molecule has 5 nitrogen and oxygen atoms in total. The van der Waals surface area contributed by atoms with Gasteiger partial charge in [-0.05, 0) is 28.8 Å². The van der Waals surface area contributed by atoms with Gasteiger partial charge >= 0.3 is 0 Å². The zero-order valence-corrected chi connectivity index (χ0v) is 13.9. The van der Waals surface area contributed by atoms with Crippen molar-refractivity contribution in [2.75, 3.05) is 29.6 Å². The fourth-order valence-electron chi connectivity index (χ4n) is 1.75. The zero-order valence-electron chi connectivity index (χ0n) is 10.7. The number of sulfonamides is 1. The van der Waals surface area contributed by atoms with Crippen molar-refractivity contribution in [3.05, 3.63) is 16.6 Å². The van der Waals surface area contributed by atoms with Gasteiger partial charge in [0.15, 0.2) is 11.5 Å². The lowest BCUT2D eigenvalue weighted by atomic mass is 10.2. The van der Waals surface area contributed by atoms with E-state index in [1.165, 1.54) is 0 Å². The van der Waals surface area contributed by atoms with Crippen LogP contribution in [0.15, 0.2) is 16.6 Å². The highest BCUT2D eigenvalue weighted by Gasteiger charge is 2.18. The third-order valence-electron chi connectivity index (χ3n) is 2.69. The molecule has 1 aliphatic heterocycles. The van der Waals surface area contributed by atoms with Crippen molar-refractivity contribution in [3.8, 4) is 11.5 Å². The molecule has 0 bridgehead atoms. The Bertz CT molecular complexity index is 579. The molecule has 1 aromatic rings. The molecule has 8 heteroatoms. The van der Waals surface area contributed by atoms with Crippen LogP contribution in [-0.2, 0) is 10.0 Å². The Balaban J connectivity index is 2.12. The van der Waals surface area contributed by atoms with E-state index in [2.05, 4.69) is 20.7 Å². The smallest absolute Gasteiger partial charge is 0.232 e. The molecule has 112 valence electrons. The molecule has 1 aromatic carbocycles. The number of fused-ring (bicyclic) bond motifs is 1. The van der Waals surface area contributed by atoms with Gasteiger partial charge in [-0.25, -0.2) is 8.42 Å². The number of halogens is 2. The molecular weight excluding hydrogens is 370 g/mol. The predicted molar refractivity (Wildman–Crippen MR) is 82.5 cm³/mol. The minimum Gasteiger partial charge on any atom is -0.486 e. The molecule has 20 heavy (non-hydrogen) atoms. The van der Waals surface area contributed by atoms with E-state index >= 15 is 0 Å². The molecule has 0 fully saturated rings. The first kappa shape index (κ1) is 15.7. The number of hydrogen-bond donors (Lipinski definition) is 1. The molecule has 0 unspecified atom stereocenters. The van der Waals surface area contributed by atoms with Crippen LogP contribution in [0, 0.1) is 0 Å². The van der Waals surface area contributed by atoms with Crippen LogP contribution in [0.5, 0.6) is 11.5 Å². The average molecular weight is 385 g/mol. The van der Waals surface area contributed by atoms with Crippen LogP contribution in [0.2, 0.25) is 0 Å². The van der Waals surface area contributed by atoms with Crippen LogP contribution in [0.1, 0.15) is 12.8 Å². The second-order valence-electron chi connectivity index (χ2n) is 4.29. The molecule has 0 saturated carbocycles. The van der Waals surface area contributed by atoms with E-state index in [1.807, 2.05) is 0 Å².